The molecule has 0 aliphatic carbocycles. The Balaban J connectivity index is 1.74. The second kappa shape index (κ2) is 7.01. The summed E-state index contributed by atoms with van der Waals surface area (Å²) in [6.07, 6.45) is -4.05. The third kappa shape index (κ3) is 4.49. The molecule has 25 heavy (non-hydrogen) atoms. The molecular weight excluding hydrogens is 373 g/mol. The van der Waals surface area contributed by atoms with Gasteiger partial charge in [-0.3, -0.25) is 0 Å². The first-order valence-electron chi connectivity index (χ1n) is 7.29. The molecule has 0 aliphatic rings. The third-order valence-electron chi connectivity index (χ3n) is 3.53. The van der Waals surface area contributed by atoms with Crippen LogP contribution in [0.4, 0.5) is 13.2 Å². The van der Waals surface area contributed by atoms with Crippen molar-refractivity contribution < 1.29 is 13.2 Å². The van der Waals surface area contributed by atoms with Gasteiger partial charge in [0.05, 0.1) is 12.1 Å². The smallest absolute Gasteiger partial charge is 0.245 e. The Hall–Kier alpha value is -2.12. The second-order valence-corrected chi connectivity index (χ2v) is 6.94. The van der Waals surface area contributed by atoms with Crippen molar-refractivity contribution in [3.63, 3.8) is 0 Å². The topological polar surface area (TPSA) is 34.9 Å². The van der Waals surface area contributed by atoms with Gasteiger partial charge in [0, 0.05) is 11.4 Å². The van der Waals surface area contributed by atoms with Gasteiger partial charge in [-0.2, -0.15) is 18.2 Å². The second-order valence-electron chi connectivity index (χ2n) is 5.41. The van der Waals surface area contributed by atoms with E-state index in [1.807, 2.05) is 12.1 Å². The zero-order valence-corrected chi connectivity index (χ0v) is 14.3. The summed E-state index contributed by atoms with van der Waals surface area (Å²) in [6.45, 7) is 0.376. The first-order valence-corrected chi connectivity index (χ1v) is 8.44. The van der Waals surface area contributed by atoms with Crippen molar-refractivity contribution in [2.75, 3.05) is 0 Å². The highest BCUT2D eigenvalue weighted by molar-refractivity contribution is 7.06. The van der Waals surface area contributed by atoms with Crippen molar-refractivity contribution in [2.24, 2.45) is 0 Å². The average molecular weight is 385 g/mol. The molecule has 0 spiro atoms. The number of alkyl halides is 3. The number of benzene rings is 2. The number of aromatic nitrogens is 2. The fourth-order valence-corrected chi connectivity index (χ4v) is 3.33. The summed E-state index contributed by atoms with van der Waals surface area (Å²) in [5.41, 5.74) is 0.510. The number of hydrogen-bond donors (Lipinski definition) is 0. The van der Waals surface area contributed by atoms with Crippen molar-refractivity contribution in [1.82, 2.24) is 8.94 Å². The van der Waals surface area contributed by atoms with Crippen LogP contribution < -0.4 is 5.69 Å². The van der Waals surface area contributed by atoms with Crippen LogP contribution in [0.25, 0.3) is 0 Å². The summed E-state index contributed by atoms with van der Waals surface area (Å²) >= 11 is 7.03. The Labute approximate surface area is 150 Å². The highest BCUT2D eigenvalue weighted by Gasteiger charge is 2.29. The molecule has 0 amide bonds. The highest BCUT2D eigenvalue weighted by Crippen LogP contribution is 2.29. The lowest BCUT2D eigenvalue weighted by Gasteiger charge is -2.06. The summed E-state index contributed by atoms with van der Waals surface area (Å²) in [5.74, 6) is 0. The molecule has 1 heterocycles. The fraction of sp³-hybridized carbons (Fsp3) is 0.176. The van der Waals surface area contributed by atoms with Crippen LogP contribution >= 0.6 is 23.1 Å². The maximum absolute atomic E-state index is 12.6. The molecule has 0 bridgehead atoms. The van der Waals surface area contributed by atoms with E-state index in [1.165, 1.54) is 27.6 Å². The lowest BCUT2D eigenvalue weighted by molar-refractivity contribution is -0.137. The van der Waals surface area contributed by atoms with Crippen molar-refractivity contribution in [2.45, 2.75) is 19.1 Å². The number of nitrogens with zero attached hydrogens (tertiary/aromatic N) is 2. The van der Waals surface area contributed by atoms with Crippen molar-refractivity contribution in [3.8, 4) is 0 Å². The normalized spacial score (nSPS) is 11.7. The van der Waals surface area contributed by atoms with Crippen molar-refractivity contribution >= 4 is 23.1 Å². The highest BCUT2D eigenvalue weighted by atomic mass is 35.5. The summed E-state index contributed by atoms with van der Waals surface area (Å²) in [5, 5.41) is 1.17. The molecule has 3 rings (SSSR count). The standard InChI is InChI=1S/C17H12ClF3N2OS/c18-14-7-3-12(4-8-14)10-23-16(24)22-15(25-23)9-11-1-5-13(6-2-11)17(19,20)21/h1-8H,9-10H2. The van der Waals surface area contributed by atoms with Crippen molar-refractivity contribution in [3.05, 3.63) is 85.7 Å². The lowest BCUT2D eigenvalue weighted by atomic mass is 10.1. The minimum atomic E-state index is -4.36. The Morgan fingerprint density at radius 2 is 1.60 bits per heavy atom. The third-order valence-corrected chi connectivity index (χ3v) is 4.73. The molecule has 0 saturated carbocycles. The van der Waals surface area contributed by atoms with Gasteiger partial charge in [0.15, 0.2) is 0 Å². The van der Waals surface area contributed by atoms with Crippen LogP contribution in [0.5, 0.6) is 0 Å². The maximum atomic E-state index is 12.6. The molecule has 3 aromatic rings. The SMILES string of the molecule is O=c1nc(Cc2ccc(C(F)(F)F)cc2)sn1Cc1ccc(Cl)cc1. The Morgan fingerprint density at radius 1 is 1.00 bits per heavy atom. The molecule has 0 aliphatic heterocycles. The quantitative estimate of drug-likeness (QED) is 0.658. The summed E-state index contributed by atoms with van der Waals surface area (Å²) in [4.78, 5) is 15.9. The number of halogens is 4. The van der Waals surface area contributed by atoms with Crippen LogP contribution in [0.2, 0.25) is 5.02 Å². The maximum Gasteiger partial charge on any atom is 0.416 e. The van der Waals surface area contributed by atoms with Crippen LogP contribution in [-0.2, 0) is 19.1 Å². The van der Waals surface area contributed by atoms with E-state index in [4.69, 9.17) is 11.6 Å². The van der Waals surface area contributed by atoms with Gasteiger partial charge in [-0.1, -0.05) is 35.9 Å². The van der Waals surface area contributed by atoms with Gasteiger partial charge in [0.25, 0.3) is 0 Å². The Kier molecular flexibility index (Phi) is 4.96. The predicted molar refractivity (Wildman–Crippen MR) is 91.2 cm³/mol. The average Bonchev–Trinajstić information content (AvgIpc) is 2.89. The lowest BCUT2D eigenvalue weighted by Crippen LogP contribution is -2.15. The number of hydrogen-bond acceptors (Lipinski definition) is 3. The predicted octanol–water partition coefficient (Wildman–Crippen LogP) is 4.62. The molecule has 0 fully saturated rings. The van der Waals surface area contributed by atoms with E-state index in [1.54, 1.807) is 12.1 Å². The molecule has 0 N–H and O–H groups in total. The van der Waals surface area contributed by atoms with Crippen molar-refractivity contribution in [1.29, 1.82) is 0 Å². The van der Waals surface area contributed by atoms with Crippen LogP contribution in [0.15, 0.2) is 53.3 Å². The van der Waals surface area contributed by atoms with Gasteiger partial charge in [0.1, 0.15) is 5.01 Å². The van der Waals surface area contributed by atoms with E-state index >= 15 is 0 Å². The first kappa shape index (κ1) is 17.7. The summed E-state index contributed by atoms with van der Waals surface area (Å²) < 4.78 is 39.2. The molecule has 3 nitrogen and oxygen atoms in total. The fourth-order valence-electron chi connectivity index (χ4n) is 2.26. The van der Waals surface area contributed by atoms with Gasteiger partial charge >= 0.3 is 11.9 Å². The summed E-state index contributed by atoms with van der Waals surface area (Å²) in [7, 11) is 0. The summed E-state index contributed by atoms with van der Waals surface area (Å²) in [6, 6.07) is 12.0. The van der Waals surface area contributed by atoms with Gasteiger partial charge < -0.3 is 0 Å². The van der Waals surface area contributed by atoms with Crippen LogP contribution in [0.3, 0.4) is 0 Å². The van der Waals surface area contributed by atoms with Gasteiger partial charge in [-0.15, -0.1) is 0 Å². The first-order chi connectivity index (χ1) is 11.8. The van der Waals surface area contributed by atoms with E-state index in [0.29, 0.717) is 28.6 Å². The molecule has 130 valence electrons. The van der Waals surface area contributed by atoms with E-state index in [0.717, 1.165) is 17.7 Å². The zero-order chi connectivity index (χ0) is 18.0. The number of rotatable bonds is 4. The van der Waals surface area contributed by atoms with Gasteiger partial charge in [-0.05, 0) is 46.9 Å². The van der Waals surface area contributed by atoms with Crippen LogP contribution in [-0.4, -0.2) is 8.94 Å². The van der Waals surface area contributed by atoms with E-state index < -0.39 is 11.7 Å². The van der Waals surface area contributed by atoms with E-state index in [9.17, 15) is 18.0 Å². The minimum absolute atomic E-state index is 0.311. The van der Waals surface area contributed by atoms with Gasteiger partial charge in [-0.25, -0.2) is 8.75 Å². The molecule has 0 saturated heterocycles. The molecule has 0 unspecified atom stereocenters. The Morgan fingerprint density at radius 3 is 2.20 bits per heavy atom. The van der Waals surface area contributed by atoms with Gasteiger partial charge in [0.2, 0.25) is 0 Å². The molecule has 8 heteroatoms. The molecule has 0 atom stereocenters. The van der Waals surface area contributed by atoms with E-state index in [2.05, 4.69) is 4.98 Å². The minimum Gasteiger partial charge on any atom is -0.245 e. The molecular formula is C17H12ClF3N2OS. The monoisotopic (exact) mass is 384 g/mol. The Bertz CT molecular complexity index is 915. The molecule has 1 aromatic heterocycles. The van der Waals surface area contributed by atoms with Crippen LogP contribution in [0, 0.1) is 0 Å². The van der Waals surface area contributed by atoms with E-state index in [-0.39, 0.29) is 5.69 Å². The zero-order valence-electron chi connectivity index (χ0n) is 12.8. The van der Waals surface area contributed by atoms with Crippen LogP contribution in [0.1, 0.15) is 21.7 Å². The molecule has 0 radical (unpaired) electrons. The largest absolute Gasteiger partial charge is 0.416 e. The molecule has 2 aromatic carbocycles.